The second-order valence-electron chi connectivity index (χ2n) is 3.98. The third-order valence-corrected chi connectivity index (χ3v) is 2.74. The molecule has 102 valence electrons. The zero-order valence-corrected chi connectivity index (χ0v) is 11.2. The Morgan fingerprint density at radius 2 is 2.00 bits per heavy atom. The molecule has 0 radical (unpaired) electrons. The maximum absolute atomic E-state index is 11.6. The Morgan fingerprint density at radius 1 is 1.30 bits per heavy atom. The highest BCUT2D eigenvalue weighted by Gasteiger charge is 2.18. The van der Waals surface area contributed by atoms with Crippen molar-refractivity contribution in [3.8, 4) is 0 Å². The number of rotatable bonds is 4. The lowest BCUT2D eigenvalue weighted by Crippen LogP contribution is -2.14. The van der Waals surface area contributed by atoms with E-state index in [0.717, 1.165) is 0 Å². The zero-order valence-electron chi connectivity index (χ0n) is 10.4. The fourth-order valence-electron chi connectivity index (χ4n) is 1.58. The van der Waals surface area contributed by atoms with Gasteiger partial charge in [0.25, 0.3) is 5.78 Å². The van der Waals surface area contributed by atoms with E-state index in [1.165, 1.54) is 12.3 Å². The fraction of sp³-hybridized carbons (Fsp3) is 0.0769. The summed E-state index contributed by atoms with van der Waals surface area (Å²) in [7, 11) is 0. The van der Waals surface area contributed by atoms with Crippen molar-refractivity contribution in [3.05, 3.63) is 46.9 Å². The summed E-state index contributed by atoms with van der Waals surface area (Å²) in [6.07, 6.45) is 1.53. The monoisotopic (exact) mass is 291 g/mol. The number of carboxylic acids is 1. The number of carbonyl (C=O) groups is 2. The molecule has 1 heterocycles. The van der Waals surface area contributed by atoms with Crippen molar-refractivity contribution in [3.63, 3.8) is 0 Å². The number of hydrogen-bond acceptors (Lipinski definition) is 5. The van der Waals surface area contributed by atoms with Crippen LogP contribution in [0.15, 0.2) is 30.5 Å². The number of nitrogens with zero attached hydrogens (tertiary/aromatic N) is 2. The summed E-state index contributed by atoms with van der Waals surface area (Å²) < 4.78 is 0. The highest BCUT2D eigenvalue weighted by atomic mass is 35.5. The molecule has 0 aliphatic rings. The number of Topliss-reactive ketones (excluding diaryl/α,β-unsaturated/α-hetero) is 1. The molecule has 2 rings (SSSR count). The van der Waals surface area contributed by atoms with Crippen molar-refractivity contribution in [2.75, 3.05) is 5.32 Å². The van der Waals surface area contributed by atoms with Crippen molar-refractivity contribution in [2.24, 2.45) is 0 Å². The van der Waals surface area contributed by atoms with E-state index >= 15 is 0 Å². The number of halogens is 1. The minimum absolute atomic E-state index is 0.0501. The van der Waals surface area contributed by atoms with Gasteiger partial charge in [0.05, 0.1) is 11.3 Å². The van der Waals surface area contributed by atoms with Crippen molar-refractivity contribution in [1.82, 2.24) is 9.97 Å². The summed E-state index contributed by atoms with van der Waals surface area (Å²) in [4.78, 5) is 30.2. The van der Waals surface area contributed by atoms with Crippen LogP contribution < -0.4 is 5.32 Å². The number of aliphatic carboxylic acids is 1. The maximum Gasteiger partial charge on any atom is 0.377 e. The second kappa shape index (κ2) is 5.66. The second-order valence-corrected chi connectivity index (χ2v) is 4.31. The summed E-state index contributed by atoms with van der Waals surface area (Å²) in [5, 5.41) is 11.8. The van der Waals surface area contributed by atoms with Gasteiger partial charge in [-0.25, -0.2) is 14.8 Å². The minimum atomic E-state index is -1.52. The molecule has 0 fully saturated rings. The van der Waals surface area contributed by atoms with Gasteiger partial charge in [-0.2, -0.15) is 0 Å². The number of carboxylic acid groups (broad SMARTS) is 1. The van der Waals surface area contributed by atoms with Crippen molar-refractivity contribution in [1.29, 1.82) is 0 Å². The van der Waals surface area contributed by atoms with Gasteiger partial charge < -0.3 is 10.4 Å². The van der Waals surface area contributed by atoms with E-state index < -0.39 is 11.8 Å². The highest BCUT2D eigenvalue weighted by Crippen LogP contribution is 2.22. The number of anilines is 2. The van der Waals surface area contributed by atoms with Crippen LogP contribution in [-0.4, -0.2) is 26.8 Å². The Morgan fingerprint density at radius 3 is 2.70 bits per heavy atom. The maximum atomic E-state index is 11.6. The van der Waals surface area contributed by atoms with Crippen LogP contribution in [0.1, 0.15) is 15.9 Å². The lowest BCUT2D eigenvalue weighted by atomic mass is 10.1. The molecule has 20 heavy (non-hydrogen) atoms. The Kier molecular flexibility index (Phi) is 3.95. The first-order chi connectivity index (χ1) is 9.49. The summed E-state index contributed by atoms with van der Waals surface area (Å²) in [6.45, 7) is 1.76. The number of hydrogen-bond donors (Lipinski definition) is 2. The predicted octanol–water partition coefficient (Wildman–Crippen LogP) is 2.45. The molecule has 6 nitrogen and oxygen atoms in total. The van der Waals surface area contributed by atoms with E-state index in [0.29, 0.717) is 17.1 Å². The first-order valence-electron chi connectivity index (χ1n) is 5.62. The van der Waals surface area contributed by atoms with Crippen LogP contribution in [0.4, 0.5) is 11.5 Å². The fourth-order valence-corrected chi connectivity index (χ4v) is 1.71. The molecular formula is C13H10ClN3O3. The number of benzene rings is 1. The first kappa shape index (κ1) is 14.0. The standard InChI is InChI=1S/C13H10ClN3O3/c1-7-6-15-13(14)17-11(7)16-9-5-3-2-4-8(9)10(18)12(19)20/h2-6H,1H3,(H,19,20)(H,15,16,17). The zero-order chi connectivity index (χ0) is 14.7. The molecule has 0 saturated heterocycles. The van der Waals surface area contributed by atoms with Crippen molar-refractivity contribution in [2.45, 2.75) is 6.92 Å². The smallest absolute Gasteiger partial charge is 0.377 e. The van der Waals surface area contributed by atoms with Gasteiger partial charge in [0, 0.05) is 11.8 Å². The minimum Gasteiger partial charge on any atom is -0.475 e. The molecule has 2 aromatic rings. The van der Waals surface area contributed by atoms with Crippen LogP contribution in [0.5, 0.6) is 0 Å². The summed E-state index contributed by atoms with van der Waals surface area (Å²) >= 11 is 5.71. The summed E-state index contributed by atoms with van der Waals surface area (Å²) in [5.74, 6) is -2.10. The van der Waals surface area contributed by atoms with E-state index in [1.54, 1.807) is 25.1 Å². The van der Waals surface area contributed by atoms with Gasteiger partial charge in [-0.05, 0) is 30.7 Å². The van der Waals surface area contributed by atoms with Crippen LogP contribution in [0, 0.1) is 6.92 Å². The molecular weight excluding hydrogens is 282 g/mol. The molecule has 0 saturated carbocycles. The van der Waals surface area contributed by atoms with Crippen LogP contribution in [0.3, 0.4) is 0 Å². The van der Waals surface area contributed by atoms with Gasteiger partial charge in [0.1, 0.15) is 5.82 Å². The van der Waals surface area contributed by atoms with E-state index in [-0.39, 0.29) is 10.8 Å². The average Bonchev–Trinajstić information content (AvgIpc) is 2.42. The molecule has 0 bridgehead atoms. The van der Waals surface area contributed by atoms with Gasteiger partial charge in [-0.15, -0.1) is 0 Å². The Balaban J connectivity index is 2.41. The Labute approximate surface area is 119 Å². The molecule has 0 aliphatic heterocycles. The number of nitrogens with one attached hydrogen (secondary N) is 1. The lowest BCUT2D eigenvalue weighted by molar-refractivity contribution is -0.131. The van der Waals surface area contributed by atoms with Gasteiger partial charge in [0.2, 0.25) is 5.28 Å². The molecule has 0 amide bonds. The van der Waals surface area contributed by atoms with Gasteiger partial charge >= 0.3 is 5.97 Å². The molecule has 1 aromatic carbocycles. The quantitative estimate of drug-likeness (QED) is 0.511. The largest absolute Gasteiger partial charge is 0.475 e. The number of ketones is 1. The van der Waals surface area contributed by atoms with Gasteiger partial charge in [-0.3, -0.25) is 4.79 Å². The molecule has 0 atom stereocenters. The van der Waals surface area contributed by atoms with Gasteiger partial charge in [0.15, 0.2) is 0 Å². The summed E-state index contributed by atoms with van der Waals surface area (Å²) in [6, 6.07) is 6.28. The third kappa shape index (κ3) is 2.92. The lowest BCUT2D eigenvalue weighted by Gasteiger charge is -2.11. The SMILES string of the molecule is Cc1cnc(Cl)nc1Nc1ccccc1C(=O)C(=O)O. The van der Waals surface area contributed by atoms with Crippen molar-refractivity contribution >= 4 is 34.9 Å². The van der Waals surface area contributed by atoms with E-state index in [1.807, 2.05) is 0 Å². The van der Waals surface area contributed by atoms with E-state index in [9.17, 15) is 9.59 Å². The van der Waals surface area contributed by atoms with Crippen LogP contribution in [0.2, 0.25) is 5.28 Å². The average molecular weight is 292 g/mol. The number of aromatic nitrogens is 2. The van der Waals surface area contributed by atoms with Crippen molar-refractivity contribution < 1.29 is 14.7 Å². The Hall–Kier alpha value is -2.47. The number of carbonyl (C=O) groups excluding carboxylic acids is 1. The number of para-hydroxylation sites is 1. The van der Waals surface area contributed by atoms with E-state index in [4.69, 9.17) is 16.7 Å². The van der Waals surface area contributed by atoms with Crippen LogP contribution in [-0.2, 0) is 4.79 Å². The molecule has 7 heteroatoms. The first-order valence-corrected chi connectivity index (χ1v) is 5.99. The van der Waals surface area contributed by atoms with Crippen LogP contribution >= 0.6 is 11.6 Å². The molecule has 1 aromatic heterocycles. The number of aryl methyl sites for hydroxylation is 1. The highest BCUT2D eigenvalue weighted by molar-refractivity contribution is 6.41. The topological polar surface area (TPSA) is 92.2 Å². The third-order valence-electron chi connectivity index (χ3n) is 2.56. The Bertz CT molecular complexity index is 688. The molecule has 0 spiro atoms. The van der Waals surface area contributed by atoms with E-state index in [2.05, 4.69) is 15.3 Å². The molecule has 2 N–H and O–H groups in total. The van der Waals surface area contributed by atoms with Crippen LogP contribution in [0.25, 0.3) is 0 Å². The predicted molar refractivity (Wildman–Crippen MR) is 73.5 cm³/mol. The molecule has 0 unspecified atom stereocenters. The summed E-state index contributed by atoms with van der Waals surface area (Å²) in [5.41, 5.74) is 1.11. The molecule has 0 aliphatic carbocycles. The van der Waals surface area contributed by atoms with Gasteiger partial charge in [-0.1, -0.05) is 12.1 Å². The normalized spacial score (nSPS) is 10.1.